The molecule has 2 rings (SSSR count). The summed E-state index contributed by atoms with van der Waals surface area (Å²) in [6.45, 7) is 3.91. The van der Waals surface area contributed by atoms with Crippen LogP contribution in [0.4, 0.5) is 0 Å². The lowest BCUT2D eigenvalue weighted by atomic mass is 10.1. The van der Waals surface area contributed by atoms with Gasteiger partial charge in [0.2, 0.25) is 11.8 Å². The van der Waals surface area contributed by atoms with E-state index in [1.165, 1.54) is 4.90 Å². The van der Waals surface area contributed by atoms with Gasteiger partial charge in [-0.1, -0.05) is 13.8 Å². The van der Waals surface area contributed by atoms with E-state index < -0.39 is 12.0 Å². The standard InChI is InChI=1S/C12H18N2O4/c1-6(2)13-9(12(17)18)3-4-14-10(15)7-5-8(7)11(14)16/h6-9,13H,3-5H2,1-2H3,(H,17,18). The minimum atomic E-state index is -0.951. The van der Waals surface area contributed by atoms with Crippen molar-refractivity contribution in [2.45, 2.75) is 38.8 Å². The summed E-state index contributed by atoms with van der Waals surface area (Å²) >= 11 is 0. The molecule has 2 N–H and O–H groups in total. The van der Waals surface area contributed by atoms with Crippen molar-refractivity contribution in [3.63, 3.8) is 0 Å². The highest BCUT2D eigenvalue weighted by atomic mass is 16.4. The van der Waals surface area contributed by atoms with Gasteiger partial charge in [0.25, 0.3) is 0 Å². The predicted octanol–water partition coefficient (Wildman–Crippen LogP) is -0.167. The highest BCUT2D eigenvalue weighted by Crippen LogP contribution is 2.46. The maximum atomic E-state index is 11.7. The number of rotatable bonds is 6. The van der Waals surface area contributed by atoms with Crippen molar-refractivity contribution in [3.8, 4) is 0 Å². The maximum Gasteiger partial charge on any atom is 0.320 e. The van der Waals surface area contributed by atoms with Crippen LogP contribution in [0.25, 0.3) is 0 Å². The molecule has 6 heteroatoms. The second-order valence-corrected chi connectivity index (χ2v) is 5.28. The topological polar surface area (TPSA) is 86.7 Å². The van der Waals surface area contributed by atoms with E-state index in [9.17, 15) is 14.4 Å². The third-order valence-corrected chi connectivity index (χ3v) is 3.43. The molecule has 2 aliphatic rings. The van der Waals surface area contributed by atoms with Gasteiger partial charge in [-0.2, -0.15) is 0 Å². The Morgan fingerprint density at radius 3 is 2.39 bits per heavy atom. The van der Waals surface area contributed by atoms with Crippen LogP contribution < -0.4 is 5.32 Å². The monoisotopic (exact) mass is 254 g/mol. The van der Waals surface area contributed by atoms with Gasteiger partial charge in [0.1, 0.15) is 6.04 Å². The average molecular weight is 254 g/mol. The zero-order valence-electron chi connectivity index (χ0n) is 10.5. The van der Waals surface area contributed by atoms with Crippen LogP contribution in [0.3, 0.4) is 0 Å². The third-order valence-electron chi connectivity index (χ3n) is 3.43. The second-order valence-electron chi connectivity index (χ2n) is 5.28. The number of carbonyl (C=O) groups excluding carboxylic acids is 2. The van der Waals surface area contributed by atoms with Crippen molar-refractivity contribution in [2.75, 3.05) is 6.54 Å². The van der Waals surface area contributed by atoms with Gasteiger partial charge >= 0.3 is 5.97 Å². The Morgan fingerprint density at radius 2 is 1.94 bits per heavy atom. The SMILES string of the molecule is CC(C)NC(CCN1C(=O)C2CC2C1=O)C(=O)O. The van der Waals surface area contributed by atoms with Crippen LogP contribution >= 0.6 is 0 Å². The van der Waals surface area contributed by atoms with Crippen LogP contribution in [0.5, 0.6) is 0 Å². The average Bonchev–Trinajstić information content (AvgIpc) is 3.01. The Labute approximate surface area is 105 Å². The number of nitrogens with one attached hydrogen (secondary N) is 1. The zero-order chi connectivity index (χ0) is 13.4. The van der Waals surface area contributed by atoms with Gasteiger partial charge in [0, 0.05) is 12.6 Å². The summed E-state index contributed by atoms with van der Waals surface area (Å²) in [5.74, 6) is -1.43. The number of carboxylic acid groups (broad SMARTS) is 1. The van der Waals surface area contributed by atoms with E-state index in [2.05, 4.69) is 5.32 Å². The van der Waals surface area contributed by atoms with Crippen molar-refractivity contribution in [2.24, 2.45) is 11.8 Å². The van der Waals surface area contributed by atoms with E-state index in [4.69, 9.17) is 5.11 Å². The number of piperidine rings is 1. The molecule has 100 valence electrons. The van der Waals surface area contributed by atoms with E-state index in [0.29, 0.717) is 6.42 Å². The molecule has 1 aliphatic carbocycles. The first-order valence-corrected chi connectivity index (χ1v) is 6.26. The number of hydrogen-bond donors (Lipinski definition) is 2. The molecule has 3 atom stereocenters. The molecule has 0 bridgehead atoms. The predicted molar refractivity (Wildman–Crippen MR) is 62.6 cm³/mol. The molecule has 0 aromatic carbocycles. The van der Waals surface area contributed by atoms with Crippen LogP contribution in [-0.4, -0.2) is 46.4 Å². The second kappa shape index (κ2) is 4.68. The molecular formula is C12H18N2O4. The van der Waals surface area contributed by atoms with Crippen LogP contribution in [0.1, 0.15) is 26.7 Å². The molecule has 18 heavy (non-hydrogen) atoms. The number of carboxylic acids is 1. The first-order valence-electron chi connectivity index (χ1n) is 6.26. The smallest absolute Gasteiger partial charge is 0.320 e. The highest BCUT2D eigenvalue weighted by Gasteiger charge is 2.58. The third kappa shape index (κ3) is 2.38. The van der Waals surface area contributed by atoms with Crippen molar-refractivity contribution in [1.82, 2.24) is 10.2 Å². The molecular weight excluding hydrogens is 236 g/mol. The van der Waals surface area contributed by atoms with Crippen LogP contribution in [0.2, 0.25) is 0 Å². The number of amides is 2. The van der Waals surface area contributed by atoms with E-state index in [1.54, 1.807) is 0 Å². The van der Waals surface area contributed by atoms with Crippen LogP contribution in [0.15, 0.2) is 0 Å². The number of nitrogens with zero attached hydrogens (tertiary/aromatic N) is 1. The minimum Gasteiger partial charge on any atom is -0.480 e. The molecule has 6 nitrogen and oxygen atoms in total. The summed E-state index contributed by atoms with van der Waals surface area (Å²) < 4.78 is 0. The molecule has 0 aromatic heterocycles. The molecule has 1 saturated heterocycles. The fourth-order valence-electron chi connectivity index (χ4n) is 2.41. The first kappa shape index (κ1) is 13.0. The Hall–Kier alpha value is -1.43. The molecule has 3 unspecified atom stereocenters. The van der Waals surface area contributed by atoms with Crippen molar-refractivity contribution < 1.29 is 19.5 Å². The summed E-state index contributed by atoms with van der Waals surface area (Å²) in [6, 6.07) is -0.674. The van der Waals surface area contributed by atoms with Crippen molar-refractivity contribution >= 4 is 17.8 Å². The molecule has 2 amide bonds. The molecule has 0 spiro atoms. The van der Waals surface area contributed by atoms with Crippen molar-refractivity contribution in [1.29, 1.82) is 0 Å². The molecule has 1 saturated carbocycles. The summed E-state index contributed by atoms with van der Waals surface area (Å²) in [4.78, 5) is 35.6. The van der Waals surface area contributed by atoms with E-state index in [0.717, 1.165) is 0 Å². The van der Waals surface area contributed by atoms with Gasteiger partial charge < -0.3 is 10.4 Å². The van der Waals surface area contributed by atoms with Crippen LogP contribution in [0, 0.1) is 11.8 Å². The highest BCUT2D eigenvalue weighted by molar-refractivity contribution is 6.08. The lowest BCUT2D eigenvalue weighted by Gasteiger charge is -2.21. The summed E-state index contributed by atoms with van der Waals surface area (Å²) in [6.07, 6.45) is 0.936. The largest absolute Gasteiger partial charge is 0.480 e. The fourth-order valence-corrected chi connectivity index (χ4v) is 2.41. The normalized spacial score (nSPS) is 27.6. The van der Waals surface area contributed by atoms with E-state index >= 15 is 0 Å². The Balaban J connectivity index is 1.88. The number of fused-ring (bicyclic) bond motifs is 1. The quantitative estimate of drug-likeness (QED) is 0.643. The Kier molecular flexibility index (Phi) is 3.38. The van der Waals surface area contributed by atoms with Crippen molar-refractivity contribution in [3.05, 3.63) is 0 Å². The van der Waals surface area contributed by atoms with Gasteiger partial charge in [-0.25, -0.2) is 0 Å². The van der Waals surface area contributed by atoms with Gasteiger partial charge in [0.05, 0.1) is 11.8 Å². The van der Waals surface area contributed by atoms with Crippen LogP contribution in [-0.2, 0) is 14.4 Å². The van der Waals surface area contributed by atoms with Gasteiger partial charge in [-0.05, 0) is 12.8 Å². The van der Waals surface area contributed by atoms with Gasteiger partial charge in [0.15, 0.2) is 0 Å². The minimum absolute atomic E-state index is 0.0458. The zero-order valence-corrected chi connectivity index (χ0v) is 10.5. The number of aliphatic carboxylic acids is 1. The molecule has 2 fully saturated rings. The fraction of sp³-hybridized carbons (Fsp3) is 0.750. The summed E-state index contributed by atoms with van der Waals surface area (Å²) in [5.41, 5.74) is 0. The summed E-state index contributed by atoms with van der Waals surface area (Å²) in [5, 5.41) is 11.9. The number of imide groups is 1. The Morgan fingerprint density at radius 1 is 1.39 bits per heavy atom. The lowest BCUT2D eigenvalue weighted by molar-refractivity contribution is -0.144. The van der Waals surface area contributed by atoms with Gasteiger partial charge in [-0.15, -0.1) is 0 Å². The molecule has 0 radical (unpaired) electrons. The molecule has 0 aromatic rings. The lowest BCUT2D eigenvalue weighted by Crippen LogP contribution is -2.44. The number of likely N-dealkylation sites (tertiary alicyclic amines) is 1. The molecule has 1 heterocycles. The van der Waals surface area contributed by atoms with E-state index in [-0.39, 0.29) is 42.7 Å². The molecule has 1 aliphatic heterocycles. The summed E-state index contributed by atoms with van der Waals surface area (Å²) in [7, 11) is 0. The first-order chi connectivity index (χ1) is 8.41. The maximum absolute atomic E-state index is 11.7. The number of carbonyl (C=O) groups is 3. The Bertz CT molecular complexity index is 374. The van der Waals surface area contributed by atoms with Gasteiger partial charge in [-0.3, -0.25) is 19.3 Å². The number of hydrogen-bond acceptors (Lipinski definition) is 4. The van der Waals surface area contributed by atoms with E-state index in [1.807, 2.05) is 13.8 Å².